The number of aliphatic imine (C=N–C) groups is 1. The first-order valence-corrected chi connectivity index (χ1v) is 9.07. The van der Waals surface area contributed by atoms with Gasteiger partial charge in [0.2, 0.25) is 0 Å². The number of hydrogen-bond donors (Lipinski definition) is 1. The van der Waals surface area contributed by atoms with Crippen LogP contribution in [0.1, 0.15) is 44.7 Å². The minimum absolute atomic E-state index is 0.111. The summed E-state index contributed by atoms with van der Waals surface area (Å²) >= 11 is 0. The highest BCUT2D eigenvalue weighted by Crippen LogP contribution is 2.40. The number of esters is 2. The van der Waals surface area contributed by atoms with Crippen LogP contribution in [0.2, 0.25) is 0 Å². The molecule has 0 radical (unpaired) electrons. The summed E-state index contributed by atoms with van der Waals surface area (Å²) in [6, 6.07) is 7.68. The molecule has 6 nitrogen and oxygen atoms in total. The molecule has 27 heavy (non-hydrogen) atoms. The smallest absolute Gasteiger partial charge is 0.336 e. The maximum Gasteiger partial charge on any atom is 0.336 e. The van der Waals surface area contributed by atoms with Crippen molar-refractivity contribution in [2.75, 3.05) is 13.2 Å². The summed E-state index contributed by atoms with van der Waals surface area (Å²) in [5, 5.41) is 8.98. The van der Waals surface area contributed by atoms with Crippen LogP contribution in [0.3, 0.4) is 0 Å². The summed E-state index contributed by atoms with van der Waals surface area (Å²) in [5.74, 6) is -2.27. The summed E-state index contributed by atoms with van der Waals surface area (Å²) in [5.41, 5.74) is 3.32. The Balaban J connectivity index is 2.56. The molecule has 0 amide bonds. The second-order valence-corrected chi connectivity index (χ2v) is 6.96. The number of ether oxygens (including phenoxy) is 2. The molecule has 0 saturated heterocycles. The van der Waals surface area contributed by atoms with E-state index in [-0.39, 0.29) is 19.3 Å². The first-order valence-electron chi connectivity index (χ1n) is 9.07. The second kappa shape index (κ2) is 8.95. The van der Waals surface area contributed by atoms with Crippen molar-refractivity contribution in [3.05, 3.63) is 46.7 Å². The molecule has 6 heteroatoms. The van der Waals surface area contributed by atoms with Crippen molar-refractivity contribution in [3.8, 4) is 0 Å². The van der Waals surface area contributed by atoms with Gasteiger partial charge in [0.25, 0.3) is 0 Å². The van der Waals surface area contributed by atoms with Crippen LogP contribution in [0, 0.1) is 12.8 Å². The minimum atomic E-state index is -0.713. The third-order valence-corrected chi connectivity index (χ3v) is 4.41. The van der Waals surface area contributed by atoms with E-state index in [2.05, 4.69) is 4.99 Å². The molecule has 2 atom stereocenters. The van der Waals surface area contributed by atoms with Crippen molar-refractivity contribution in [2.24, 2.45) is 10.9 Å². The number of allylic oxidation sites excluding steroid dienone is 1. The molecular formula is C21H27NO5. The van der Waals surface area contributed by atoms with Crippen LogP contribution < -0.4 is 0 Å². The van der Waals surface area contributed by atoms with E-state index in [9.17, 15) is 9.59 Å². The van der Waals surface area contributed by atoms with Crippen LogP contribution in [0.15, 0.2) is 40.5 Å². The number of carbonyl (C=O) groups is 2. The molecule has 1 aromatic carbocycles. The fourth-order valence-corrected chi connectivity index (χ4v) is 3.26. The molecule has 0 aromatic heterocycles. The van der Waals surface area contributed by atoms with Crippen molar-refractivity contribution >= 4 is 17.7 Å². The monoisotopic (exact) mass is 373 g/mol. The Labute approximate surface area is 159 Å². The Morgan fingerprint density at radius 3 is 2.33 bits per heavy atom. The first-order chi connectivity index (χ1) is 12.8. The van der Waals surface area contributed by atoms with E-state index in [1.165, 1.54) is 0 Å². The molecule has 0 fully saturated rings. The van der Waals surface area contributed by atoms with Gasteiger partial charge in [0.15, 0.2) is 0 Å². The van der Waals surface area contributed by atoms with Crippen LogP contribution in [-0.2, 0) is 19.1 Å². The third-order valence-electron chi connectivity index (χ3n) is 4.41. The average Bonchev–Trinajstić information content (AvgIpc) is 2.59. The van der Waals surface area contributed by atoms with Gasteiger partial charge in [-0.15, -0.1) is 0 Å². The zero-order chi connectivity index (χ0) is 20.1. The van der Waals surface area contributed by atoms with Gasteiger partial charge < -0.3 is 14.6 Å². The van der Waals surface area contributed by atoms with Crippen LogP contribution in [-0.4, -0.2) is 42.1 Å². The molecule has 0 aliphatic carbocycles. The van der Waals surface area contributed by atoms with E-state index in [1.54, 1.807) is 27.7 Å². The summed E-state index contributed by atoms with van der Waals surface area (Å²) in [4.78, 5) is 30.0. The van der Waals surface area contributed by atoms with Gasteiger partial charge in [-0.1, -0.05) is 29.8 Å². The number of aliphatic hydroxyl groups is 1. The summed E-state index contributed by atoms with van der Waals surface area (Å²) < 4.78 is 10.6. The molecule has 2 rings (SSSR count). The number of aryl methyl sites for hydroxylation is 1. The lowest BCUT2D eigenvalue weighted by atomic mass is 9.75. The number of rotatable bonds is 6. The lowest BCUT2D eigenvalue weighted by molar-refractivity contribution is -0.150. The topological polar surface area (TPSA) is 85.2 Å². The zero-order valence-corrected chi connectivity index (χ0v) is 16.5. The molecule has 2 unspecified atom stereocenters. The number of hydrogen-bond acceptors (Lipinski definition) is 6. The average molecular weight is 373 g/mol. The van der Waals surface area contributed by atoms with Gasteiger partial charge in [0.1, 0.15) is 12.5 Å². The van der Waals surface area contributed by atoms with Crippen LogP contribution >= 0.6 is 0 Å². The Morgan fingerprint density at radius 2 is 1.78 bits per heavy atom. The maximum atomic E-state index is 12.8. The molecule has 1 N–H and O–H groups in total. The van der Waals surface area contributed by atoms with E-state index < -0.39 is 23.8 Å². The number of aliphatic hydroxyl groups excluding tert-OH is 1. The van der Waals surface area contributed by atoms with Gasteiger partial charge in [-0.2, -0.15) is 0 Å². The van der Waals surface area contributed by atoms with E-state index in [0.29, 0.717) is 17.0 Å². The van der Waals surface area contributed by atoms with Crippen LogP contribution in [0.5, 0.6) is 0 Å². The standard InChI is InChI=1S/C21H27NO5/c1-12(2)27-21(25)18-15(5)22-14(4)17(20(24)26-11-10-23)19(18)16-8-6-13(3)7-9-16/h6-9,12,18-19,23H,10-11H2,1-5H3. The van der Waals surface area contributed by atoms with E-state index in [0.717, 1.165) is 11.1 Å². The van der Waals surface area contributed by atoms with Crippen molar-refractivity contribution in [1.82, 2.24) is 0 Å². The Hall–Kier alpha value is -2.47. The SMILES string of the molecule is CC1=NC(C)=C(C(=O)OCCO)C(c2ccc(C)cc2)C1C(=O)OC(C)C. The molecular weight excluding hydrogens is 346 g/mol. The number of benzene rings is 1. The normalized spacial score (nSPS) is 19.7. The molecule has 1 aliphatic heterocycles. The fraction of sp³-hybridized carbons (Fsp3) is 0.476. The molecule has 1 heterocycles. The molecule has 1 aromatic rings. The van der Waals surface area contributed by atoms with Crippen molar-refractivity contribution in [3.63, 3.8) is 0 Å². The van der Waals surface area contributed by atoms with Gasteiger partial charge in [0.05, 0.1) is 18.3 Å². The largest absolute Gasteiger partial charge is 0.462 e. The van der Waals surface area contributed by atoms with Gasteiger partial charge in [-0.3, -0.25) is 9.79 Å². The quantitative estimate of drug-likeness (QED) is 0.775. The molecule has 0 bridgehead atoms. The van der Waals surface area contributed by atoms with Crippen LogP contribution in [0.4, 0.5) is 0 Å². The Morgan fingerprint density at radius 1 is 1.15 bits per heavy atom. The maximum absolute atomic E-state index is 12.8. The first kappa shape index (κ1) is 20.8. The summed E-state index contributed by atoms with van der Waals surface area (Å²) in [7, 11) is 0. The zero-order valence-electron chi connectivity index (χ0n) is 16.5. The van der Waals surface area contributed by atoms with E-state index in [1.807, 2.05) is 31.2 Å². The highest BCUT2D eigenvalue weighted by molar-refractivity contribution is 6.07. The molecule has 1 aliphatic rings. The minimum Gasteiger partial charge on any atom is -0.462 e. The Kier molecular flexibility index (Phi) is 6.91. The van der Waals surface area contributed by atoms with Gasteiger partial charge in [-0.05, 0) is 40.2 Å². The second-order valence-electron chi connectivity index (χ2n) is 6.96. The predicted octanol–water partition coefficient (Wildman–Crippen LogP) is 2.93. The highest BCUT2D eigenvalue weighted by atomic mass is 16.5. The van der Waals surface area contributed by atoms with E-state index in [4.69, 9.17) is 14.6 Å². The predicted molar refractivity (Wildman–Crippen MR) is 102 cm³/mol. The lowest BCUT2D eigenvalue weighted by Crippen LogP contribution is -2.37. The number of nitrogens with zero attached hydrogens (tertiary/aromatic N) is 1. The third kappa shape index (κ3) is 4.83. The molecule has 146 valence electrons. The summed E-state index contributed by atoms with van der Waals surface area (Å²) in [6.07, 6.45) is -0.277. The molecule has 0 spiro atoms. The van der Waals surface area contributed by atoms with Gasteiger partial charge in [-0.25, -0.2) is 4.79 Å². The van der Waals surface area contributed by atoms with E-state index >= 15 is 0 Å². The van der Waals surface area contributed by atoms with Crippen molar-refractivity contribution in [2.45, 2.75) is 46.6 Å². The fourth-order valence-electron chi connectivity index (χ4n) is 3.26. The van der Waals surface area contributed by atoms with Gasteiger partial charge in [0, 0.05) is 17.3 Å². The Bertz CT molecular complexity index is 761. The van der Waals surface area contributed by atoms with Crippen LogP contribution in [0.25, 0.3) is 0 Å². The lowest BCUT2D eigenvalue weighted by Gasteiger charge is -2.32. The summed E-state index contributed by atoms with van der Waals surface area (Å²) in [6.45, 7) is 8.65. The highest BCUT2D eigenvalue weighted by Gasteiger charge is 2.42. The van der Waals surface area contributed by atoms with Gasteiger partial charge >= 0.3 is 11.9 Å². The number of carbonyl (C=O) groups excluding carboxylic acids is 2. The molecule has 0 saturated carbocycles. The van der Waals surface area contributed by atoms with Crippen molar-refractivity contribution in [1.29, 1.82) is 0 Å². The van der Waals surface area contributed by atoms with Crippen molar-refractivity contribution < 1.29 is 24.2 Å².